The van der Waals surface area contributed by atoms with Gasteiger partial charge in [0.25, 0.3) is 0 Å². The molecule has 0 aliphatic rings. The smallest absolute Gasteiger partial charge is 0.189 e. The van der Waals surface area contributed by atoms with E-state index in [0.717, 1.165) is 11.3 Å². The normalized spacial score (nSPS) is 10.6. The first-order chi connectivity index (χ1) is 9.24. The van der Waals surface area contributed by atoms with Crippen LogP contribution in [0.25, 0.3) is 22.7 Å². The summed E-state index contributed by atoms with van der Waals surface area (Å²) in [6, 6.07) is 11.5. The quantitative estimate of drug-likeness (QED) is 0.785. The highest BCUT2D eigenvalue weighted by Gasteiger charge is 2.13. The van der Waals surface area contributed by atoms with E-state index in [0.29, 0.717) is 21.9 Å². The van der Waals surface area contributed by atoms with Crippen molar-refractivity contribution in [1.82, 2.24) is 15.1 Å². The van der Waals surface area contributed by atoms with Crippen molar-refractivity contribution in [3.63, 3.8) is 0 Å². The van der Waals surface area contributed by atoms with Crippen molar-refractivity contribution in [2.75, 3.05) is 5.73 Å². The molecule has 0 unspecified atom stereocenters. The highest BCUT2D eigenvalue weighted by atomic mass is 79.9. The van der Waals surface area contributed by atoms with Crippen LogP contribution in [0.1, 0.15) is 0 Å². The minimum atomic E-state index is 0.305. The molecule has 5 nitrogen and oxygen atoms in total. The van der Waals surface area contributed by atoms with Gasteiger partial charge in [0, 0.05) is 11.6 Å². The summed E-state index contributed by atoms with van der Waals surface area (Å²) in [5.74, 6) is 0.795. The zero-order valence-corrected chi connectivity index (χ0v) is 11.3. The Kier molecular flexibility index (Phi) is 3.00. The molecule has 0 amide bonds. The minimum absolute atomic E-state index is 0.305. The Morgan fingerprint density at radius 3 is 2.74 bits per heavy atom. The number of benzene rings is 1. The third-order valence-electron chi connectivity index (χ3n) is 2.58. The van der Waals surface area contributed by atoms with Crippen LogP contribution in [0.4, 0.5) is 5.82 Å². The third kappa shape index (κ3) is 2.34. The number of aromatic nitrogens is 3. The van der Waals surface area contributed by atoms with E-state index in [4.69, 9.17) is 10.3 Å². The molecule has 0 bridgehead atoms. The second-order valence-corrected chi connectivity index (χ2v) is 4.68. The molecule has 0 saturated heterocycles. The van der Waals surface area contributed by atoms with E-state index >= 15 is 0 Å². The molecular formula is C13H9BrN4O. The van der Waals surface area contributed by atoms with Gasteiger partial charge >= 0.3 is 0 Å². The maximum Gasteiger partial charge on any atom is 0.189 e. The van der Waals surface area contributed by atoms with Crippen LogP contribution in [0.15, 0.2) is 51.7 Å². The number of anilines is 1. The Morgan fingerprint density at radius 2 is 1.95 bits per heavy atom. The molecular weight excluding hydrogens is 308 g/mol. The second-order valence-electron chi connectivity index (χ2n) is 3.87. The predicted molar refractivity (Wildman–Crippen MR) is 75.1 cm³/mol. The van der Waals surface area contributed by atoms with E-state index in [-0.39, 0.29) is 0 Å². The molecule has 94 valence electrons. The van der Waals surface area contributed by atoms with Gasteiger partial charge in [0.1, 0.15) is 10.3 Å². The Labute approximate surface area is 117 Å². The van der Waals surface area contributed by atoms with E-state index in [2.05, 4.69) is 31.1 Å². The summed E-state index contributed by atoms with van der Waals surface area (Å²) in [7, 11) is 0. The van der Waals surface area contributed by atoms with Crippen LogP contribution in [0.2, 0.25) is 0 Å². The summed E-state index contributed by atoms with van der Waals surface area (Å²) in [5, 5.41) is 4.02. The molecule has 0 fully saturated rings. The molecule has 0 radical (unpaired) electrons. The number of hydrogen-bond acceptors (Lipinski definition) is 5. The fraction of sp³-hybridized carbons (Fsp3) is 0. The van der Waals surface area contributed by atoms with Crippen molar-refractivity contribution in [2.45, 2.75) is 0 Å². The highest BCUT2D eigenvalue weighted by molar-refractivity contribution is 9.10. The topological polar surface area (TPSA) is 77.8 Å². The van der Waals surface area contributed by atoms with Gasteiger partial charge in [-0.25, -0.2) is 9.97 Å². The van der Waals surface area contributed by atoms with Crippen LogP contribution in [0.5, 0.6) is 0 Å². The molecule has 2 aromatic heterocycles. The summed E-state index contributed by atoms with van der Waals surface area (Å²) in [6.07, 6.45) is 1.54. The number of halogens is 1. The van der Waals surface area contributed by atoms with Crippen molar-refractivity contribution in [3.05, 3.63) is 47.2 Å². The van der Waals surface area contributed by atoms with Crippen molar-refractivity contribution in [1.29, 1.82) is 0 Å². The molecule has 0 aliphatic carbocycles. The molecule has 6 heteroatoms. The van der Waals surface area contributed by atoms with Gasteiger partial charge < -0.3 is 10.3 Å². The lowest BCUT2D eigenvalue weighted by molar-refractivity contribution is 0.433. The summed E-state index contributed by atoms with van der Waals surface area (Å²) >= 11 is 3.25. The Morgan fingerprint density at radius 1 is 1.16 bits per heavy atom. The summed E-state index contributed by atoms with van der Waals surface area (Å²) < 4.78 is 5.88. The lowest BCUT2D eigenvalue weighted by Crippen LogP contribution is -1.96. The highest BCUT2D eigenvalue weighted by Crippen LogP contribution is 2.28. The number of nitrogen functional groups attached to an aromatic ring is 1. The fourth-order valence-corrected chi connectivity index (χ4v) is 1.97. The van der Waals surface area contributed by atoms with E-state index < -0.39 is 0 Å². The average Bonchev–Trinajstić information content (AvgIpc) is 2.92. The Bertz CT molecular complexity index is 712. The van der Waals surface area contributed by atoms with Crippen LogP contribution in [0.3, 0.4) is 0 Å². The van der Waals surface area contributed by atoms with Gasteiger partial charge in [-0.2, -0.15) is 0 Å². The molecule has 2 N–H and O–H groups in total. The largest absolute Gasteiger partial charge is 0.382 e. The fourth-order valence-electron chi connectivity index (χ4n) is 1.69. The maximum atomic E-state index is 5.79. The first-order valence-corrected chi connectivity index (χ1v) is 6.34. The zero-order valence-electron chi connectivity index (χ0n) is 9.75. The molecule has 0 saturated carbocycles. The molecule has 3 rings (SSSR count). The number of hydrogen-bond donors (Lipinski definition) is 1. The summed E-state index contributed by atoms with van der Waals surface area (Å²) in [4.78, 5) is 8.26. The second kappa shape index (κ2) is 4.81. The van der Waals surface area contributed by atoms with Crippen LogP contribution in [0, 0.1) is 0 Å². The summed E-state index contributed by atoms with van der Waals surface area (Å²) in [6.45, 7) is 0. The first-order valence-electron chi connectivity index (χ1n) is 5.54. The third-order valence-corrected chi connectivity index (χ3v) is 2.97. The van der Waals surface area contributed by atoms with Gasteiger partial charge in [-0.05, 0) is 15.9 Å². The van der Waals surface area contributed by atoms with Crippen molar-refractivity contribution >= 4 is 21.7 Å². The Hall–Kier alpha value is -2.21. The van der Waals surface area contributed by atoms with Crippen LogP contribution < -0.4 is 5.73 Å². The first kappa shape index (κ1) is 11.9. The van der Waals surface area contributed by atoms with E-state index in [9.17, 15) is 0 Å². The van der Waals surface area contributed by atoms with E-state index in [1.807, 2.05) is 30.3 Å². The van der Waals surface area contributed by atoms with Crippen LogP contribution >= 0.6 is 15.9 Å². The molecule has 19 heavy (non-hydrogen) atoms. The van der Waals surface area contributed by atoms with Crippen molar-refractivity contribution in [3.8, 4) is 22.7 Å². The minimum Gasteiger partial charge on any atom is -0.382 e. The van der Waals surface area contributed by atoms with Gasteiger partial charge in [0.2, 0.25) is 0 Å². The predicted octanol–water partition coefficient (Wildman–Crippen LogP) is 3.14. The molecule has 0 atom stereocenters. The van der Waals surface area contributed by atoms with Gasteiger partial charge in [-0.15, -0.1) is 0 Å². The standard InChI is InChI=1S/C13H9BrN4O/c14-11-7-16-13(15)12(17-11)10-6-9(18-19-10)8-4-2-1-3-5-8/h1-7H,(H2,15,16). The molecule has 0 spiro atoms. The lowest BCUT2D eigenvalue weighted by atomic mass is 10.1. The van der Waals surface area contributed by atoms with Gasteiger partial charge in [-0.1, -0.05) is 35.5 Å². The van der Waals surface area contributed by atoms with E-state index in [1.54, 1.807) is 6.07 Å². The zero-order chi connectivity index (χ0) is 13.2. The van der Waals surface area contributed by atoms with Gasteiger partial charge in [-0.3, -0.25) is 0 Å². The van der Waals surface area contributed by atoms with Crippen molar-refractivity contribution in [2.24, 2.45) is 0 Å². The SMILES string of the molecule is Nc1ncc(Br)nc1-c1cc(-c2ccccc2)no1. The number of nitrogens with zero attached hydrogens (tertiary/aromatic N) is 3. The van der Waals surface area contributed by atoms with Crippen molar-refractivity contribution < 1.29 is 4.52 Å². The molecule has 1 aromatic carbocycles. The summed E-state index contributed by atoms with van der Waals surface area (Å²) in [5.41, 5.74) is 7.97. The number of nitrogens with two attached hydrogens (primary N) is 1. The lowest BCUT2D eigenvalue weighted by Gasteiger charge is -1.99. The maximum absolute atomic E-state index is 5.79. The molecule has 2 heterocycles. The average molecular weight is 317 g/mol. The monoisotopic (exact) mass is 316 g/mol. The number of rotatable bonds is 2. The van der Waals surface area contributed by atoms with Gasteiger partial charge in [0.15, 0.2) is 17.3 Å². The van der Waals surface area contributed by atoms with Gasteiger partial charge in [0.05, 0.1) is 6.20 Å². The van der Waals surface area contributed by atoms with Crippen LogP contribution in [-0.4, -0.2) is 15.1 Å². The Balaban J connectivity index is 2.04. The molecule has 3 aromatic rings. The van der Waals surface area contributed by atoms with Crippen LogP contribution in [-0.2, 0) is 0 Å². The molecule has 0 aliphatic heterocycles. The van der Waals surface area contributed by atoms with E-state index in [1.165, 1.54) is 6.20 Å².